The first kappa shape index (κ1) is 13.7. The van der Waals surface area contributed by atoms with Gasteiger partial charge in [-0.15, -0.1) is 0 Å². The summed E-state index contributed by atoms with van der Waals surface area (Å²) in [6.07, 6.45) is 3.51. The van der Waals surface area contributed by atoms with Crippen molar-refractivity contribution >= 4 is 11.9 Å². The maximum absolute atomic E-state index is 10.9. The molecule has 0 aliphatic carbocycles. The van der Waals surface area contributed by atoms with Gasteiger partial charge in [0.05, 0.1) is 6.10 Å². The van der Waals surface area contributed by atoms with Crippen LogP contribution < -0.4 is 0 Å². The monoisotopic (exact) mass is 242 g/mol. The highest BCUT2D eigenvalue weighted by Crippen LogP contribution is 2.18. The lowest BCUT2D eigenvalue weighted by molar-refractivity contribution is -0.163. The summed E-state index contributed by atoms with van der Waals surface area (Å²) in [5, 5.41) is 0. The second-order valence-electron chi connectivity index (χ2n) is 3.88. The topological polar surface area (TPSA) is 61.8 Å². The Labute approximate surface area is 101 Å². The Morgan fingerprint density at radius 3 is 2.47 bits per heavy atom. The van der Waals surface area contributed by atoms with E-state index < -0.39 is 12.2 Å². The lowest BCUT2D eigenvalue weighted by atomic mass is 10.1. The van der Waals surface area contributed by atoms with Gasteiger partial charge in [0.2, 0.25) is 0 Å². The van der Waals surface area contributed by atoms with Crippen molar-refractivity contribution in [1.82, 2.24) is 0 Å². The summed E-state index contributed by atoms with van der Waals surface area (Å²) >= 11 is 0. The van der Waals surface area contributed by atoms with E-state index in [9.17, 15) is 9.59 Å². The van der Waals surface area contributed by atoms with Crippen LogP contribution in [0.15, 0.2) is 12.2 Å². The number of hydrogen-bond acceptors (Lipinski definition) is 5. The molecule has 0 N–H and O–H groups in total. The van der Waals surface area contributed by atoms with Crippen LogP contribution in [0.2, 0.25) is 0 Å². The number of rotatable bonds is 4. The molecule has 0 saturated heterocycles. The van der Waals surface area contributed by atoms with E-state index >= 15 is 0 Å². The van der Waals surface area contributed by atoms with E-state index in [4.69, 9.17) is 14.2 Å². The van der Waals surface area contributed by atoms with Gasteiger partial charge in [-0.2, -0.15) is 0 Å². The minimum atomic E-state index is -0.491. The molecule has 0 bridgehead atoms. The minimum absolute atomic E-state index is 0.0256. The zero-order valence-corrected chi connectivity index (χ0v) is 10.3. The zero-order chi connectivity index (χ0) is 12.8. The number of esters is 2. The van der Waals surface area contributed by atoms with Crippen molar-refractivity contribution in [2.24, 2.45) is 0 Å². The standard InChI is InChI=1S/C12H18O5/c1-4-10-5-6-11(16-9(3)14)12(17-10)7-15-8(2)13/h5-6,10-12H,4,7H2,1-3H3/t10?,11-,12+/m0/s1. The van der Waals surface area contributed by atoms with Crippen LogP contribution in [0.5, 0.6) is 0 Å². The third-order valence-corrected chi connectivity index (χ3v) is 2.39. The first-order valence-corrected chi connectivity index (χ1v) is 5.67. The SMILES string of the molecule is CCC1C=C[C@H](OC(C)=O)[C@@H](COC(C)=O)O1. The van der Waals surface area contributed by atoms with Crippen LogP contribution in [0.1, 0.15) is 27.2 Å². The van der Waals surface area contributed by atoms with E-state index in [0.29, 0.717) is 0 Å². The van der Waals surface area contributed by atoms with Gasteiger partial charge < -0.3 is 14.2 Å². The number of hydrogen-bond donors (Lipinski definition) is 0. The summed E-state index contributed by atoms with van der Waals surface area (Å²) in [6, 6.07) is 0. The summed E-state index contributed by atoms with van der Waals surface area (Å²) in [5.74, 6) is -0.760. The Morgan fingerprint density at radius 1 is 1.24 bits per heavy atom. The highest BCUT2D eigenvalue weighted by Gasteiger charge is 2.29. The number of carbonyl (C=O) groups excluding carboxylic acids is 2. The third-order valence-electron chi connectivity index (χ3n) is 2.39. The molecule has 1 unspecified atom stereocenters. The van der Waals surface area contributed by atoms with Crippen LogP contribution in [0.25, 0.3) is 0 Å². The Morgan fingerprint density at radius 2 is 1.94 bits per heavy atom. The maximum atomic E-state index is 10.9. The van der Waals surface area contributed by atoms with Gasteiger partial charge in [0.15, 0.2) is 0 Å². The number of carbonyl (C=O) groups is 2. The molecule has 1 heterocycles. The highest BCUT2D eigenvalue weighted by molar-refractivity contribution is 5.66. The fourth-order valence-electron chi connectivity index (χ4n) is 1.58. The molecule has 1 rings (SSSR count). The summed E-state index contributed by atoms with van der Waals surface area (Å²) in [7, 11) is 0. The van der Waals surface area contributed by atoms with E-state index in [1.807, 2.05) is 13.0 Å². The molecule has 0 fully saturated rings. The molecule has 0 amide bonds. The molecule has 0 saturated carbocycles. The lowest BCUT2D eigenvalue weighted by Gasteiger charge is -2.31. The second-order valence-corrected chi connectivity index (χ2v) is 3.88. The van der Waals surface area contributed by atoms with Crippen molar-refractivity contribution in [2.75, 3.05) is 6.61 Å². The molecule has 17 heavy (non-hydrogen) atoms. The van der Waals surface area contributed by atoms with Crippen LogP contribution in [-0.4, -0.2) is 36.9 Å². The molecule has 5 heteroatoms. The van der Waals surface area contributed by atoms with Crippen LogP contribution >= 0.6 is 0 Å². The third kappa shape index (κ3) is 4.56. The van der Waals surface area contributed by atoms with Crippen molar-refractivity contribution in [3.63, 3.8) is 0 Å². The van der Waals surface area contributed by atoms with Crippen LogP contribution in [0.3, 0.4) is 0 Å². The Bertz CT molecular complexity index is 310. The smallest absolute Gasteiger partial charge is 0.303 e. The quantitative estimate of drug-likeness (QED) is 0.548. The van der Waals surface area contributed by atoms with Crippen molar-refractivity contribution in [3.05, 3.63) is 12.2 Å². The van der Waals surface area contributed by atoms with Gasteiger partial charge >= 0.3 is 11.9 Å². The van der Waals surface area contributed by atoms with Crippen molar-refractivity contribution < 1.29 is 23.8 Å². The Kier molecular flexibility index (Phi) is 5.15. The van der Waals surface area contributed by atoms with Crippen molar-refractivity contribution in [1.29, 1.82) is 0 Å². The predicted octanol–water partition coefficient (Wildman–Crippen LogP) is 1.21. The van der Waals surface area contributed by atoms with Gasteiger partial charge in [0.1, 0.15) is 18.8 Å². The minimum Gasteiger partial charge on any atom is -0.463 e. The van der Waals surface area contributed by atoms with Crippen molar-refractivity contribution in [2.45, 2.75) is 45.5 Å². The summed E-state index contributed by atoms with van der Waals surface area (Å²) < 4.78 is 15.6. The lowest BCUT2D eigenvalue weighted by Crippen LogP contribution is -2.41. The van der Waals surface area contributed by atoms with E-state index in [0.717, 1.165) is 6.42 Å². The maximum Gasteiger partial charge on any atom is 0.303 e. The average molecular weight is 242 g/mol. The number of ether oxygens (including phenoxy) is 3. The molecular weight excluding hydrogens is 224 g/mol. The van der Waals surface area contributed by atoms with Gasteiger partial charge in [-0.1, -0.05) is 13.0 Å². The molecule has 0 aromatic heterocycles. The molecule has 1 aliphatic rings. The summed E-state index contributed by atoms with van der Waals surface area (Å²) in [5.41, 5.74) is 0. The zero-order valence-electron chi connectivity index (χ0n) is 10.3. The first-order valence-electron chi connectivity index (χ1n) is 5.67. The highest BCUT2D eigenvalue weighted by atomic mass is 16.6. The van der Waals surface area contributed by atoms with Crippen LogP contribution in [-0.2, 0) is 23.8 Å². The summed E-state index contributed by atoms with van der Waals surface area (Å²) in [4.78, 5) is 21.7. The van der Waals surface area contributed by atoms with E-state index in [1.54, 1.807) is 6.08 Å². The van der Waals surface area contributed by atoms with E-state index in [-0.39, 0.29) is 24.6 Å². The molecule has 96 valence electrons. The normalized spacial score (nSPS) is 27.6. The van der Waals surface area contributed by atoms with Gasteiger partial charge in [-0.05, 0) is 12.5 Å². The first-order chi connectivity index (χ1) is 8.02. The summed E-state index contributed by atoms with van der Waals surface area (Å²) in [6.45, 7) is 4.75. The fourth-order valence-corrected chi connectivity index (χ4v) is 1.58. The molecule has 5 nitrogen and oxygen atoms in total. The van der Waals surface area contributed by atoms with E-state index in [1.165, 1.54) is 13.8 Å². The van der Waals surface area contributed by atoms with Crippen LogP contribution in [0.4, 0.5) is 0 Å². The molecule has 1 aliphatic heterocycles. The van der Waals surface area contributed by atoms with Crippen LogP contribution in [0, 0.1) is 0 Å². The Balaban J connectivity index is 2.62. The van der Waals surface area contributed by atoms with Gasteiger partial charge in [0, 0.05) is 13.8 Å². The van der Waals surface area contributed by atoms with Gasteiger partial charge in [0.25, 0.3) is 0 Å². The van der Waals surface area contributed by atoms with E-state index in [2.05, 4.69) is 0 Å². The van der Waals surface area contributed by atoms with Gasteiger partial charge in [-0.25, -0.2) is 0 Å². The molecule has 0 spiro atoms. The molecule has 0 radical (unpaired) electrons. The second kappa shape index (κ2) is 6.39. The fraction of sp³-hybridized carbons (Fsp3) is 0.667. The average Bonchev–Trinajstić information content (AvgIpc) is 2.27. The van der Waals surface area contributed by atoms with Crippen molar-refractivity contribution in [3.8, 4) is 0 Å². The molecular formula is C12H18O5. The van der Waals surface area contributed by atoms with Gasteiger partial charge in [-0.3, -0.25) is 9.59 Å². The largest absolute Gasteiger partial charge is 0.463 e. The Hall–Kier alpha value is -1.36. The predicted molar refractivity (Wildman–Crippen MR) is 60.3 cm³/mol. The molecule has 0 aromatic carbocycles. The molecule has 3 atom stereocenters. The molecule has 0 aromatic rings.